The van der Waals surface area contributed by atoms with Crippen LogP contribution in [0.5, 0.6) is 0 Å². The summed E-state index contributed by atoms with van der Waals surface area (Å²) in [4.78, 5) is 94.9. The molecule has 0 fully saturated rings. The fraction of sp³-hybridized carbons (Fsp3) is 0.730. The molecule has 3 amide bonds. The van der Waals surface area contributed by atoms with Gasteiger partial charge in [-0.15, -0.1) is 0 Å². The van der Waals surface area contributed by atoms with E-state index < -0.39 is 94.8 Å². The Morgan fingerprint density at radius 2 is 1.27 bits per heavy atom. The molecular weight excluding hydrogens is 732 g/mol. The molecule has 0 aliphatic carbocycles. The summed E-state index contributed by atoms with van der Waals surface area (Å²) in [6, 6.07) is -3.76. The third kappa shape index (κ3) is 14.5. The average molecular weight is 795 g/mol. The summed E-state index contributed by atoms with van der Waals surface area (Å²) in [5.41, 5.74) is -3.95. The zero-order valence-electron chi connectivity index (χ0n) is 35.6. The average Bonchev–Trinajstić information content (AvgIpc) is 3.00. The van der Waals surface area contributed by atoms with E-state index in [-0.39, 0.29) is 24.0 Å². The SMILES string of the molecule is CC(C)C(NC(=O)OC(C)(C)C)C(=O)OC(C)C(OC(=O)C(NC(=O)OC(C)(C)C)C(C)C)C1CNc2[nH]c(/N=C/N(C)C)nc(=O)c2N1C(=O)OC(C)(C)C. The molecule has 5 atom stereocenters. The van der Waals surface area contributed by atoms with Crippen LogP contribution in [-0.2, 0) is 33.3 Å². The molecule has 1 aromatic heterocycles. The second-order valence-electron chi connectivity index (χ2n) is 17.4. The normalized spacial score (nSPS) is 16.8. The number of carbonyl (C=O) groups excluding carboxylic acids is 5. The number of H-pyrrole nitrogens is 1. The fourth-order valence-corrected chi connectivity index (χ4v) is 5.19. The second-order valence-corrected chi connectivity index (χ2v) is 17.4. The van der Waals surface area contributed by atoms with Crippen molar-refractivity contribution >= 4 is 54.0 Å². The fourth-order valence-electron chi connectivity index (χ4n) is 5.19. The number of aliphatic imine (C=N–C) groups is 1. The summed E-state index contributed by atoms with van der Waals surface area (Å²) in [5.74, 6) is -2.86. The Balaban J connectivity index is 2.74. The van der Waals surface area contributed by atoms with Crippen molar-refractivity contribution in [2.45, 2.75) is 144 Å². The van der Waals surface area contributed by atoms with Crippen molar-refractivity contribution < 1.29 is 47.7 Å². The summed E-state index contributed by atoms with van der Waals surface area (Å²) < 4.78 is 28.5. The van der Waals surface area contributed by atoms with Gasteiger partial charge in [0.15, 0.2) is 11.8 Å². The van der Waals surface area contributed by atoms with E-state index in [1.54, 1.807) is 109 Å². The first-order chi connectivity index (χ1) is 25.5. The van der Waals surface area contributed by atoms with Gasteiger partial charge in [-0.25, -0.2) is 29.0 Å². The van der Waals surface area contributed by atoms with Gasteiger partial charge in [0, 0.05) is 20.6 Å². The molecule has 1 aliphatic heterocycles. The number of fused-ring (bicyclic) bond motifs is 1. The van der Waals surface area contributed by atoms with Crippen LogP contribution in [0.4, 0.5) is 31.8 Å². The van der Waals surface area contributed by atoms with Crippen LogP contribution in [0.3, 0.4) is 0 Å². The molecule has 316 valence electrons. The minimum atomic E-state index is -1.53. The number of esters is 2. The molecule has 0 saturated heterocycles. The van der Waals surface area contributed by atoms with E-state index in [9.17, 15) is 28.8 Å². The molecule has 2 heterocycles. The standard InChI is InChI=1S/C37H62N8O11/c1-19(2)23(40-32(49)54-35(6,7)8)29(47)52-21(5)26(53-30(48)24(20(3)4)41-33(50)55-36(9,10)11)22-17-38-27-25(45(22)34(51)56-37(12,13)14)28(46)43-31(42-27)39-18-44(15)16/h18-24,26H,17H2,1-16H3,(H,40,49)(H,41,50)(H2,38,42,43,46)/b39-18+. The first kappa shape index (κ1) is 47.1. The van der Waals surface area contributed by atoms with Crippen LogP contribution >= 0.6 is 0 Å². The van der Waals surface area contributed by atoms with E-state index in [1.165, 1.54) is 13.3 Å². The molecule has 0 aromatic carbocycles. The molecule has 19 heteroatoms. The Labute approximate surface area is 329 Å². The highest BCUT2D eigenvalue weighted by Crippen LogP contribution is 2.33. The minimum Gasteiger partial charge on any atom is -0.457 e. The predicted octanol–water partition coefficient (Wildman–Crippen LogP) is 4.47. The lowest BCUT2D eigenvalue weighted by molar-refractivity contribution is -0.172. The molecule has 4 N–H and O–H groups in total. The lowest BCUT2D eigenvalue weighted by atomic mass is 10.00. The largest absolute Gasteiger partial charge is 0.457 e. The topological polar surface area (TPSA) is 232 Å². The molecule has 56 heavy (non-hydrogen) atoms. The maximum atomic E-state index is 14.1. The summed E-state index contributed by atoms with van der Waals surface area (Å²) >= 11 is 0. The van der Waals surface area contributed by atoms with Gasteiger partial charge in [-0.2, -0.15) is 4.98 Å². The number of carbonyl (C=O) groups is 5. The molecular formula is C37H62N8O11. The van der Waals surface area contributed by atoms with Gasteiger partial charge in [-0.05, 0) is 81.1 Å². The number of nitrogens with zero attached hydrogens (tertiary/aromatic N) is 4. The smallest absolute Gasteiger partial charge is 0.415 e. The highest BCUT2D eigenvalue weighted by molar-refractivity contribution is 5.93. The summed E-state index contributed by atoms with van der Waals surface area (Å²) in [5, 5.41) is 8.14. The maximum Gasteiger partial charge on any atom is 0.415 e. The number of hydrogen-bond donors (Lipinski definition) is 4. The van der Waals surface area contributed by atoms with Crippen molar-refractivity contribution in [3.05, 3.63) is 10.4 Å². The van der Waals surface area contributed by atoms with Crippen molar-refractivity contribution in [2.75, 3.05) is 30.9 Å². The lowest BCUT2D eigenvalue weighted by Gasteiger charge is -2.42. The zero-order chi connectivity index (χ0) is 43.1. The number of hydrogen-bond acceptors (Lipinski definition) is 14. The Morgan fingerprint density at radius 1 is 0.804 bits per heavy atom. The number of aromatic amines is 1. The Bertz CT molecular complexity index is 1650. The van der Waals surface area contributed by atoms with Crippen LogP contribution in [0.15, 0.2) is 9.79 Å². The number of rotatable bonds is 12. The molecule has 2 rings (SSSR count). The van der Waals surface area contributed by atoms with Crippen molar-refractivity contribution in [3.8, 4) is 0 Å². The first-order valence-electron chi connectivity index (χ1n) is 18.5. The van der Waals surface area contributed by atoms with E-state index in [1.807, 2.05) is 0 Å². The van der Waals surface area contributed by atoms with E-state index in [4.69, 9.17) is 23.7 Å². The van der Waals surface area contributed by atoms with Crippen LogP contribution in [0, 0.1) is 11.8 Å². The van der Waals surface area contributed by atoms with Crippen molar-refractivity contribution in [3.63, 3.8) is 0 Å². The minimum absolute atomic E-state index is 0.0620. The van der Waals surface area contributed by atoms with E-state index in [2.05, 4.69) is 30.9 Å². The molecule has 0 spiro atoms. The number of alkyl carbamates (subject to hydrolysis) is 2. The third-order valence-electron chi connectivity index (χ3n) is 7.53. The first-order valence-corrected chi connectivity index (χ1v) is 18.5. The highest BCUT2D eigenvalue weighted by atomic mass is 16.6. The van der Waals surface area contributed by atoms with Gasteiger partial charge in [-0.3, -0.25) is 9.69 Å². The van der Waals surface area contributed by atoms with Crippen LogP contribution in [0.2, 0.25) is 0 Å². The summed E-state index contributed by atoms with van der Waals surface area (Å²) in [6.45, 7) is 22.8. The number of amides is 3. The van der Waals surface area contributed by atoms with Gasteiger partial charge in [0.2, 0.25) is 5.95 Å². The molecule has 5 unspecified atom stereocenters. The highest BCUT2D eigenvalue weighted by Gasteiger charge is 2.47. The van der Waals surface area contributed by atoms with Crippen molar-refractivity contribution in [1.29, 1.82) is 0 Å². The zero-order valence-corrected chi connectivity index (χ0v) is 35.6. The van der Waals surface area contributed by atoms with Gasteiger partial charge in [0.1, 0.15) is 40.8 Å². The van der Waals surface area contributed by atoms with E-state index in [0.717, 1.165) is 4.90 Å². The second kappa shape index (κ2) is 18.7. The Kier molecular flexibility index (Phi) is 15.7. The quantitative estimate of drug-likeness (QED) is 0.0990. The maximum absolute atomic E-state index is 14.1. The summed E-state index contributed by atoms with van der Waals surface area (Å²) in [6.07, 6.45) is -4.20. The van der Waals surface area contributed by atoms with Gasteiger partial charge < -0.3 is 49.5 Å². The van der Waals surface area contributed by atoms with Crippen LogP contribution in [0.1, 0.15) is 96.9 Å². The van der Waals surface area contributed by atoms with Crippen molar-refractivity contribution in [2.24, 2.45) is 16.8 Å². The number of nitrogens with one attached hydrogen (secondary N) is 4. The van der Waals surface area contributed by atoms with Gasteiger partial charge in [-0.1, -0.05) is 27.7 Å². The third-order valence-corrected chi connectivity index (χ3v) is 7.53. The van der Waals surface area contributed by atoms with Crippen LogP contribution < -0.4 is 26.4 Å². The summed E-state index contributed by atoms with van der Waals surface area (Å²) in [7, 11) is 3.46. The van der Waals surface area contributed by atoms with E-state index >= 15 is 0 Å². The molecule has 0 radical (unpaired) electrons. The van der Waals surface area contributed by atoms with Crippen LogP contribution in [0.25, 0.3) is 0 Å². The Hall–Kier alpha value is -5.10. The lowest BCUT2D eigenvalue weighted by Crippen LogP contribution is -2.61. The molecule has 1 aromatic rings. The van der Waals surface area contributed by atoms with Gasteiger partial charge in [0.25, 0.3) is 0 Å². The molecule has 1 aliphatic rings. The number of ether oxygens (including phenoxy) is 5. The molecule has 0 bridgehead atoms. The van der Waals surface area contributed by atoms with E-state index in [0.29, 0.717) is 0 Å². The molecule has 19 nitrogen and oxygen atoms in total. The number of anilines is 2. The predicted molar refractivity (Wildman–Crippen MR) is 209 cm³/mol. The number of aromatic nitrogens is 2. The monoisotopic (exact) mass is 794 g/mol. The van der Waals surface area contributed by atoms with Gasteiger partial charge in [0.05, 0.1) is 12.4 Å². The van der Waals surface area contributed by atoms with Crippen molar-refractivity contribution in [1.82, 2.24) is 25.5 Å². The molecule has 0 saturated carbocycles. The van der Waals surface area contributed by atoms with Crippen LogP contribution in [-0.4, -0.2) is 119 Å². The van der Waals surface area contributed by atoms with Gasteiger partial charge >= 0.3 is 35.8 Å². The Morgan fingerprint density at radius 3 is 1.70 bits per heavy atom.